The average Bonchev–Trinajstić information content (AvgIpc) is 2.81. The second kappa shape index (κ2) is 14.3. The van der Waals surface area contributed by atoms with Crippen LogP contribution >= 0.6 is 12.4 Å². The first-order valence-electron chi connectivity index (χ1n) is 12.3. The van der Waals surface area contributed by atoms with Crippen LogP contribution in [0.3, 0.4) is 0 Å². The molecular weight excluding hydrogens is 454 g/mol. The van der Waals surface area contributed by atoms with Gasteiger partial charge in [-0.1, -0.05) is 31.9 Å². The third-order valence-electron chi connectivity index (χ3n) is 6.63. The van der Waals surface area contributed by atoms with Crippen LogP contribution in [0.5, 0.6) is 23.0 Å². The number of fused-ring (bicyclic) bond motifs is 1. The van der Waals surface area contributed by atoms with Crippen LogP contribution < -0.4 is 0 Å². The Morgan fingerprint density at radius 2 is 1.65 bits per heavy atom. The molecule has 190 valence electrons. The number of rotatable bonds is 13. The highest BCUT2D eigenvalue weighted by Crippen LogP contribution is 2.36. The van der Waals surface area contributed by atoms with Gasteiger partial charge in [0.25, 0.3) is 0 Å². The molecule has 2 aromatic rings. The number of hydrogen-bond acceptors (Lipinski definition) is 6. The number of hydrogen-bond donors (Lipinski definition) is 4. The Morgan fingerprint density at radius 1 is 0.882 bits per heavy atom. The van der Waals surface area contributed by atoms with Crippen LogP contribution in [0.25, 0.3) is 0 Å². The average molecular weight is 494 g/mol. The van der Waals surface area contributed by atoms with Crippen LogP contribution in [0.15, 0.2) is 30.3 Å². The molecule has 4 N–H and O–H groups in total. The van der Waals surface area contributed by atoms with Crippen molar-refractivity contribution in [3.63, 3.8) is 0 Å². The van der Waals surface area contributed by atoms with Gasteiger partial charge in [0.15, 0.2) is 23.0 Å². The summed E-state index contributed by atoms with van der Waals surface area (Å²) in [7, 11) is 0. The van der Waals surface area contributed by atoms with Crippen LogP contribution in [0.2, 0.25) is 0 Å². The molecule has 34 heavy (non-hydrogen) atoms. The lowest BCUT2D eigenvalue weighted by Crippen LogP contribution is -2.40. The van der Waals surface area contributed by atoms with Crippen LogP contribution in [-0.2, 0) is 24.0 Å². The number of ether oxygens (including phenoxy) is 1. The Morgan fingerprint density at radius 3 is 2.41 bits per heavy atom. The van der Waals surface area contributed by atoms with Crippen molar-refractivity contribution in [3.8, 4) is 23.0 Å². The minimum atomic E-state index is -0.0925. The van der Waals surface area contributed by atoms with E-state index in [1.807, 2.05) is 6.07 Å². The molecule has 1 unspecified atom stereocenters. The van der Waals surface area contributed by atoms with Gasteiger partial charge in [0.1, 0.15) is 0 Å². The molecule has 0 aliphatic heterocycles. The zero-order chi connectivity index (χ0) is 23.6. The minimum Gasteiger partial charge on any atom is -0.504 e. The maximum Gasteiger partial charge on any atom is 0.160 e. The maximum atomic E-state index is 10.1. The van der Waals surface area contributed by atoms with E-state index in [1.54, 1.807) is 18.2 Å². The topological polar surface area (TPSA) is 93.4 Å². The van der Waals surface area contributed by atoms with E-state index < -0.39 is 0 Å². The van der Waals surface area contributed by atoms with E-state index >= 15 is 0 Å². The molecule has 1 aliphatic carbocycles. The Labute approximate surface area is 209 Å². The predicted octanol–water partition coefficient (Wildman–Crippen LogP) is 5.32. The first-order chi connectivity index (χ1) is 16.0. The second-order valence-corrected chi connectivity index (χ2v) is 9.10. The van der Waals surface area contributed by atoms with Gasteiger partial charge in [-0.15, -0.1) is 12.4 Å². The number of unbranched alkanes of at least 4 members (excludes halogenated alkanes) is 3. The Bertz CT molecular complexity index is 892. The fourth-order valence-corrected chi connectivity index (χ4v) is 4.77. The summed E-state index contributed by atoms with van der Waals surface area (Å²) in [5.74, 6) is -0.123. The monoisotopic (exact) mass is 493 g/mol. The summed E-state index contributed by atoms with van der Waals surface area (Å²) in [5, 5.41) is 38.8. The number of phenols is 4. The van der Waals surface area contributed by atoms with Gasteiger partial charge >= 0.3 is 0 Å². The standard InChI is InChI=1S/C27H39NO5.ClH/c1-2-14-28(22-9-10-23-21(19-22)8-12-25(30)27(23)32)15-5-3-4-6-16-33-17-13-20-7-11-24(29)26(31)18-20;/h7-8,11-12,18,22,29-32H,2-6,9-10,13-17,19H2,1H3;1H. The molecular formula is C27H40ClNO5. The second-order valence-electron chi connectivity index (χ2n) is 9.10. The van der Waals surface area contributed by atoms with E-state index in [0.717, 1.165) is 75.8 Å². The molecule has 0 fully saturated rings. The van der Waals surface area contributed by atoms with Gasteiger partial charge in [-0.25, -0.2) is 0 Å². The highest BCUT2D eigenvalue weighted by atomic mass is 35.5. The summed E-state index contributed by atoms with van der Waals surface area (Å²) in [6.45, 7) is 5.79. The molecule has 0 aromatic heterocycles. The summed E-state index contributed by atoms with van der Waals surface area (Å²) in [5.41, 5.74) is 3.05. The van der Waals surface area contributed by atoms with Crippen LogP contribution in [0, 0.1) is 0 Å². The zero-order valence-corrected chi connectivity index (χ0v) is 21.0. The summed E-state index contributed by atoms with van der Waals surface area (Å²) < 4.78 is 5.73. The van der Waals surface area contributed by atoms with Gasteiger partial charge in [0.2, 0.25) is 0 Å². The molecule has 3 rings (SSSR count). The maximum absolute atomic E-state index is 10.1. The lowest BCUT2D eigenvalue weighted by Gasteiger charge is -2.35. The third kappa shape index (κ3) is 7.97. The van der Waals surface area contributed by atoms with Crippen molar-refractivity contribution in [1.29, 1.82) is 0 Å². The smallest absolute Gasteiger partial charge is 0.160 e. The minimum absolute atomic E-state index is 0. The molecule has 0 radical (unpaired) electrons. The van der Waals surface area contributed by atoms with Crippen LogP contribution in [0.1, 0.15) is 62.1 Å². The lowest BCUT2D eigenvalue weighted by atomic mass is 9.86. The molecule has 1 aliphatic rings. The van der Waals surface area contributed by atoms with Gasteiger partial charge in [-0.05, 0) is 87.4 Å². The van der Waals surface area contributed by atoms with Crippen LogP contribution in [0.4, 0.5) is 0 Å². The number of aromatic hydroxyl groups is 4. The number of benzene rings is 2. The zero-order valence-electron chi connectivity index (χ0n) is 20.2. The molecule has 0 heterocycles. The number of nitrogens with zero attached hydrogens (tertiary/aromatic N) is 1. The molecule has 1 atom stereocenters. The van der Waals surface area contributed by atoms with Gasteiger partial charge in [0.05, 0.1) is 6.61 Å². The predicted molar refractivity (Wildman–Crippen MR) is 137 cm³/mol. The number of halogens is 1. The quantitative estimate of drug-likeness (QED) is 0.223. The highest BCUT2D eigenvalue weighted by molar-refractivity contribution is 5.85. The van der Waals surface area contributed by atoms with Crippen molar-refractivity contribution in [2.45, 2.75) is 70.8 Å². The highest BCUT2D eigenvalue weighted by Gasteiger charge is 2.26. The van der Waals surface area contributed by atoms with Crippen molar-refractivity contribution >= 4 is 12.4 Å². The first kappa shape index (κ1) is 28.1. The van der Waals surface area contributed by atoms with Gasteiger partial charge in [0, 0.05) is 18.2 Å². The summed E-state index contributed by atoms with van der Waals surface area (Å²) in [4.78, 5) is 2.61. The fraction of sp³-hybridized carbons (Fsp3) is 0.556. The fourth-order valence-electron chi connectivity index (χ4n) is 4.77. The molecule has 0 spiro atoms. The van der Waals surface area contributed by atoms with Crippen molar-refractivity contribution < 1.29 is 25.2 Å². The molecule has 2 aromatic carbocycles. The third-order valence-corrected chi connectivity index (χ3v) is 6.63. The van der Waals surface area contributed by atoms with E-state index in [9.17, 15) is 20.4 Å². The first-order valence-corrected chi connectivity index (χ1v) is 12.3. The van der Waals surface area contributed by atoms with Gasteiger partial charge < -0.3 is 30.1 Å². The van der Waals surface area contributed by atoms with Crippen molar-refractivity contribution in [3.05, 3.63) is 47.0 Å². The van der Waals surface area contributed by atoms with Crippen molar-refractivity contribution in [2.75, 3.05) is 26.3 Å². The molecule has 0 saturated heterocycles. The van der Waals surface area contributed by atoms with Crippen LogP contribution in [-0.4, -0.2) is 57.7 Å². The number of phenolic OH excluding ortho intramolecular Hbond substituents is 4. The van der Waals surface area contributed by atoms with E-state index in [4.69, 9.17) is 4.74 Å². The molecule has 0 amide bonds. The van der Waals surface area contributed by atoms with E-state index in [0.29, 0.717) is 12.6 Å². The van der Waals surface area contributed by atoms with Crippen molar-refractivity contribution in [1.82, 2.24) is 4.90 Å². The molecule has 0 bridgehead atoms. The summed E-state index contributed by atoms with van der Waals surface area (Å²) in [6.07, 6.45) is 9.21. The summed E-state index contributed by atoms with van der Waals surface area (Å²) >= 11 is 0. The molecule has 7 heteroatoms. The van der Waals surface area contributed by atoms with Gasteiger partial charge in [-0.2, -0.15) is 0 Å². The largest absolute Gasteiger partial charge is 0.504 e. The molecule has 0 saturated carbocycles. The normalized spacial score (nSPS) is 15.2. The van der Waals surface area contributed by atoms with E-state index in [2.05, 4.69) is 11.8 Å². The Balaban J connectivity index is 0.00000408. The van der Waals surface area contributed by atoms with E-state index in [-0.39, 0.29) is 35.4 Å². The SMILES string of the molecule is CCCN(CCCCCCOCCc1ccc(O)c(O)c1)C1CCc2c(ccc(O)c2O)C1.Cl. The summed E-state index contributed by atoms with van der Waals surface area (Å²) in [6, 6.07) is 8.97. The lowest BCUT2D eigenvalue weighted by molar-refractivity contribution is 0.131. The Kier molecular flexibility index (Phi) is 11.8. The Hall–Kier alpha value is -2.15. The van der Waals surface area contributed by atoms with Crippen molar-refractivity contribution in [2.24, 2.45) is 0 Å². The van der Waals surface area contributed by atoms with E-state index in [1.165, 1.54) is 24.5 Å². The molecule has 6 nitrogen and oxygen atoms in total. The van der Waals surface area contributed by atoms with Gasteiger partial charge in [-0.3, -0.25) is 0 Å².